The number of rotatable bonds is 3. The number of alkyl halides is 1. The summed E-state index contributed by atoms with van der Waals surface area (Å²) in [5.74, 6) is -1.23. The third-order valence-corrected chi connectivity index (χ3v) is 4.68. The molecule has 6 heteroatoms. The minimum Gasteiger partial charge on any atom is -0.206 e. The summed E-state index contributed by atoms with van der Waals surface area (Å²) in [5, 5.41) is 8.77. The Kier molecular flexibility index (Phi) is 3.83. The van der Waals surface area contributed by atoms with Crippen LogP contribution >= 0.6 is 27.3 Å². The van der Waals surface area contributed by atoms with Crippen LogP contribution in [0.2, 0.25) is 0 Å². The first-order chi connectivity index (χ1) is 8.13. The van der Waals surface area contributed by atoms with Crippen LogP contribution in [-0.4, -0.2) is 10.2 Å². The highest BCUT2D eigenvalue weighted by atomic mass is 79.9. The Balaban J connectivity index is 2.44. The first-order valence-corrected chi connectivity index (χ1v) is 6.78. The molecule has 1 heterocycles. The van der Waals surface area contributed by atoms with E-state index in [1.54, 1.807) is 0 Å². The molecule has 0 bridgehead atoms. The summed E-state index contributed by atoms with van der Waals surface area (Å²) in [6.45, 7) is 1.99. The van der Waals surface area contributed by atoms with Gasteiger partial charge >= 0.3 is 0 Å². The summed E-state index contributed by atoms with van der Waals surface area (Å²) in [7, 11) is 0. The van der Waals surface area contributed by atoms with Crippen molar-refractivity contribution in [2.24, 2.45) is 0 Å². The van der Waals surface area contributed by atoms with Crippen LogP contribution in [0.15, 0.2) is 18.2 Å². The van der Waals surface area contributed by atoms with E-state index >= 15 is 0 Å². The minimum atomic E-state index is -0.615. The van der Waals surface area contributed by atoms with Crippen molar-refractivity contribution < 1.29 is 8.78 Å². The zero-order valence-corrected chi connectivity index (χ0v) is 11.4. The fraction of sp³-hybridized carbons (Fsp3) is 0.273. The fourth-order valence-electron chi connectivity index (χ4n) is 1.34. The Labute approximate surface area is 110 Å². The monoisotopic (exact) mass is 318 g/mol. The van der Waals surface area contributed by atoms with Crippen molar-refractivity contribution in [3.05, 3.63) is 34.8 Å². The van der Waals surface area contributed by atoms with Crippen molar-refractivity contribution in [1.29, 1.82) is 0 Å². The summed E-state index contributed by atoms with van der Waals surface area (Å²) >= 11 is 4.63. The van der Waals surface area contributed by atoms with Gasteiger partial charge in [-0.25, -0.2) is 8.78 Å². The van der Waals surface area contributed by atoms with Crippen molar-refractivity contribution in [1.82, 2.24) is 10.2 Å². The van der Waals surface area contributed by atoms with Gasteiger partial charge in [0.05, 0.1) is 10.4 Å². The lowest BCUT2D eigenvalue weighted by molar-refractivity contribution is 0.589. The molecule has 0 aliphatic rings. The molecule has 1 unspecified atom stereocenters. The molecule has 0 N–H and O–H groups in total. The van der Waals surface area contributed by atoms with Crippen molar-refractivity contribution in [3.63, 3.8) is 0 Å². The molecule has 0 fully saturated rings. The van der Waals surface area contributed by atoms with Gasteiger partial charge in [0.25, 0.3) is 0 Å². The molecule has 1 aromatic heterocycles. The van der Waals surface area contributed by atoms with Gasteiger partial charge in [-0.05, 0) is 18.6 Å². The Hall–Kier alpha value is -0.880. The van der Waals surface area contributed by atoms with Crippen LogP contribution in [0.25, 0.3) is 10.6 Å². The molecule has 0 aliphatic heterocycles. The van der Waals surface area contributed by atoms with Crippen LogP contribution < -0.4 is 0 Å². The van der Waals surface area contributed by atoms with Crippen molar-refractivity contribution in [3.8, 4) is 10.6 Å². The maximum absolute atomic E-state index is 13.5. The van der Waals surface area contributed by atoms with Gasteiger partial charge in [-0.2, -0.15) is 0 Å². The second-order valence-electron chi connectivity index (χ2n) is 3.42. The highest BCUT2D eigenvalue weighted by Gasteiger charge is 2.18. The van der Waals surface area contributed by atoms with E-state index in [4.69, 9.17) is 0 Å². The first kappa shape index (κ1) is 12.6. The highest BCUT2D eigenvalue weighted by Crippen LogP contribution is 2.34. The lowest BCUT2D eigenvalue weighted by atomic mass is 10.2. The third kappa shape index (κ3) is 2.52. The summed E-state index contributed by atoms with van der Waals surface area (Å²) < 4.78 is 27.0. The molecule has 0 saturated heterocycles. The van der Waals surface area contributed by atoms with E-state index in [0.717, 1.165) is 11.4 Å². The molecule has 2 aromatic rings. The molecule has 2 nitrogen and oxygen atoms in total. The Morgan fingerprint density at radius 1 is 1.29 bits per heavy atom. The second kappa shape index (κ2) is 5.18. The molecular formula is C11H9BrF2N2S. The first-order valence-electron chi connectivity index (χ1n) is 5.05. The summed E-state index contributed by atoms with van der Waals surface area (Å²) in [5.41, 5.74) is -0.105. The molecule has 1 atom stereocenters. The Morgan fingerprint density at radius 3 is 2.53 bits per heavy atom. The number of nitrogens with zero attached hydrogens (tertiary/aromatic N) is 2. The molecule has 0 radical (unpaired) electrons. The van der Waals surface area contributed by atoms with Crippen LogP contribution in [0.1, 0.15) is 23.2 Å². The Bertz CT molecular complexity index is 510. The predicted molar refractivity (Wildman–Crippen MR) is 67.2 cm³/mol. The van der Waals surface area contributed by atoms with E-state index in [0.29, 0.717) is 0 Å². The third-order valence-electron chi connectivity index (χ3n) is 2.24. The van der Waals surface area contributed by atoms with Gasteiger partial charge in [0.1, 0.15) is 16.6 Å². The maximum Gasteiger partial charge on any atom is 0.153 e. The maximum atomic E-state index is 13.5. The van der Waals surface area contributed by atoms with E-state index < -0.39 is 11.6 Å². The average molecular weight is 319 g/mol. The van der Waals surface area contributed by atoms with Crippen molar-refractivity contribution >= 4 is 27.3 Å². The normalized spacial score (nSPS) is 12.7. The molecule has 2 rings (SSSR count). The van der Waals surface area contributed by atoms with E-state index in [-0.39, 0.29) is 15.4 Å². The van der Waals surface area contributed by atoms with Gasteiger partial charge in [-0.1, -0.05) is 40.3 Å². The average Bonchev–Trinajstić information content (AvgIpc) is 2.77. The lowest BCUT2D eigenvalue weighted by Crippen LogP contribution is -1.88. The van der Waals surface area contributed by atoms with Crippen LogP contribution in [-0.2, 0) is 0 Å². The molecule has 1 aromatic carbocycles. The molecule has 17 heavy (non-hydrogen) atoms. The van der Waals surface area contributed by atoms with E-state index in [2.05, 4.69) is 26.1 Å². The zero-order valence-electron chi connectivity index (χ0n) is 8.95. The van der Waals surface area contributed by atoms with Crippen LogP contribution in [0.3, 0.4) is 0 Å². The zero-order chi connectivity index (χ0) is 12.4. The summed E-state index contributed by atoms with van der Waals surface area (Å²) in [6, 6.07) is 3.76. The topological polar surface area (TPSA) is 25.8 Å². The van der Waals surface area contributed by atoms with Gasteiger partial charge in [0.2, 0.25) is 0 Å². The predicted octanol–water partition coefficient (Wildman–Crippen LogP) is 4.33. The van der Waals surface area contributed by atoms with E-state index in [9.17, 15) is 8.78 Å². The molecule has 90 valence electrons. The number of halogens is 3. The van der Waals surface area contributed by atoms with Crippen LogP contribution in [0, 0.1) is 11.6 Å². The standard InChI is InChI=1S/C11H9BrF2N2S/c1-2-6(12)10-15-16-11(17-10)9-7(13)4-3-5-8(9)14/h3-6H,2H2,1H3. The van der Waals surface area contributed by atoms with Gasteiger partial charge in [0, 0.05) is 0 Å². The number of hydrogen-bond donors (Lipinski definition) is 0. The number of benzene rings is 1. The fourth-order valence-corrected chi connectivity index (χ4v) is 2.66. The van der Waals surface area contributed by atoms with Gasteiger partial charge < -0.3 is 0 Å². The van der Waals surface area contributed by atoms with Crippen LogP contribution in [0.4, 0.5) is 8.78 Å². The van der Waals surface area contributed by atoms with E-state index in [1.165, 1.54) is 29.5 Å². The number of aromatic nitrogens is 2. The molecule has 0 spiro atoms. The lowest BCUT2D eigenvalue weighted by Gasteiger charge is -2.00. The molecule has 0 saturated carbocycles. The molecular weight excluding hydrogens is 310 g/mol. The van der Waals surface area contributed by atoms with Gasteiger partial charge in [-0.3, -0.25) is 0 Å². The minimum absolute atomic E-state index is 0.0728. The summed E-state index contributed by atoms with van der Waals surface area (Å²) in [6.07, 6.45) is 0.842. The SMILES string of the molecule is CCC(Br)c1nnc(-c2c(F)cccc2F)s1. The highest BCUT2D eigenvalue weighted by molar-refractivity contribution is 9.09. The second-order valence-corrected chi connectivity index (χ2v) is 5.53. The van der Waals surface area contributed by atoms with Crippen molar-refractivity contribution in [2.45, 2.75) is 18.2 Å². The van der Waals surface area contributed by atoms with Crippen LogP contribution in [0.5, 0.6) is 0 Å². The van der Waals surface area contributed by atoms with Gasteiger partial charge in [0.15, 0.2) is 5.01 Å². The molecule has 0 aliphatic carbocycles. The van der Waals surface area contributed by atoms with E-state index in [1.807, 2.05) is 6.92 Å². The quantitative estimate of drug-likeness (QED) is 0.787. The molecule has 0 amide bonds. The number of hydrogen-bond acceptors (Lipinski definition) is 3. The smallest absolute Gasteiger partial charge is 0.153 e. The largest absolute Gasteiger partial charge is 0.206 e. The van der Waals surface area contributed by atoms with Crippen molar-refractivity contribution in [2.75, 3.05) is 0 Å². The summed E-state index contributed by atoms with van der Waals surface area (Å²) in [4.78, 5) is 0.0728. The van der Waals surface area contributed by atoms with Gasteiger partial charge in [-0.15, -0.1) is 10.2 Å². The Morgan fingerprint density at radius 2 is 1.94 bits per heavy atom.